The van der Waals surface area contributed by atoms with Crippen molar-refractivity contribution in [3.8, 4) is 11.1 Å². The summed E-state index contributed by atoms with van der Waals surface area (Å²) in [5.74, 6) is 0.726. The van der Waals surface area contributed by atoms with Crippen LogP contribution in [0.15, 0.2) is 36.7 Å². The lowest BCUT2D eigenvalue weighted by atomic mass is 9.96. The van der Waals surface area contributed by atoms with Crippen LogP contribution in [-0.4, -0.2) is 21.0 Å². The summed E-state index contributed by atoms with van der Waals surface area (Å²) in [5.41, 5.74) is 8.39. The quantitative estimate of drug-likeness (QED) is 0.750. The molecule has 2 aromatic heterocycles. The van der Waals surface area contributed by atoms with E-state index in [-0.39, 0.29) is 5.82 Å². The van der Waals surface area contributed by atoms with Gasteiger partial charge in [0.1, 0.15) is 11.6 Å². The molecule has 1 aliphatic rings. The minimum absolute atomic E-state index is 0.272. The van der Waals surface area contributed by atoms with Crippen molar-refractivity contribution >= 4 is 22.7 Å². The highest BCUT2D eigenvalue weighted by atomic mass is 19.1. The molecular formula is C19H20FN5. The summed E-state index contributed by atoms with van der Waals surface area (Å²) in [6.07, 6.45) is 9.46. The number of nitrogens with zero attached hydrogens (tertiary/aromatic N) is 3. The van der Waals surface area contributed by atoms with Gasteiger partial charge in [-0.2, -0.15) is 0 Å². The summed E-state index contributed by atoms with van der Waals surface area (Å²) in [5, 5.41) is 4.14. The van der Waals surface area contributed by atoms with Crippen LogP contribution in [0.4, 0.5) is 16.2 Å². The Morgan fingerprint density at radius 2 is 1.76 bits per heavy atom. The molecule has 1 aromatic carbocycles. The lowest BCUT2D eigenvalue weighted by molar-refractivity contribution is 0.461. The molecule has 128 valence electrons. The Hall–Kier alpha value is -2.76. The van der Waals surface area contributed by atoms with E-state index in [9.17, 15) is 4.39 Å². The molecule has 1 saturated carbocycles. The molecule has 0 unspecified atom stereocenters. The van der Waals surface area contributed by atoms with Crippen molar-refractivity contribution in [1.29, 1.82) is 0 Å². The predicted octanol–water partition coefficient (Wildman–Crippen LogP) is 4.16. The van der Waals surface area contributed by atoms with Crippen LogP contribution in [0.2, 0.25) is 0 Å². The van der Waals surface area contributed by atoms with Gasteiger partial charge in [-0.3, -0.25) is 0 Å². The van der Waals surface area contributed by atoms with E-state index in [1.165, 1.54) is 31.4 Å². The number of anilines is 2. The SMILES string of the molecule is Nc1ncc(-c2ccc(F)cc2)c2nc(NC3CCCCC3)ncc12. The van der Waals surface area contributed by atoms with Gasteiger partial charge in [-0.05, 0) is 30.5 Å². The number of pyridine rings is 1. The summed E-state index contributed by atoms with van der Waals surface area (Å²) in [4.78, 5) is 13.3. The van der Waals surface area contributed by atoms with Crippen LogP contribution in [0.5, 0.6) is 0 Å². The van der Waals surface area contributed by atoms with E-state index in [0.717, 1.165) is 29.5 Å². The summed E-state index contributed by atoms with van der Waals surface area (Å²) < 4.78 is 13.2. The summed E-state index contributed by atoms with van der Waals surface area (Å²) >= 11 is 0. The van der Waals surface area contributed by atoms with Gasteiger partial charge in [0.15, 0.2) is 0 Å². The highest BCUT2D eigenvalue weighted by Crippen LogP contribution is 2.30. The Bertz CT molecular complexity index is 888. The number of nitrogens with one attached hydrogen (secondary N) is 1. The summed E-state index contributed by atoms with van der Waals surface area (Å²) in [6.45, 7) is 0. The van der Waals surface area contributed by atoms with Crippen molar-refractivity contribution in [2.24, 2.45) is 0 Å². The molecule has 0 amide bonds. The Kier molecular flexibility index (Phi) is 4.17. The number of nitrogen functional groups attached to an aromatic ring is 1. The van der Waals surface area contributed by atoms with Crippen molar-refractivity contribution in [1.82, 2.24) is 15.0 Å². The van der Waals surface area contributed by atoms with Crippen LogP contribution < -0.4 is 11.1 Å². The van der Waals surface area contributed by atoms with E-state index in [2.05, 4.69) is 15.3 Å². The second-order valence-corrected chi connectivity index (χ2v) is 6.50. The van der Waals surface area contributed by atoms with Gasteiger partial charge in [0.25, 0.3) is 0 Å². The molecule has 5 nitrogen and oxygen atoms in total. The van der Waals surface area contributed by atoms with E-state index < -0.39 is 0 Å². The van der Waals surface area contributed by atoms with Crippen LogP contribution in [-0.2, 0) is 0 Å². The average molecular weight is 337 g/mol. The van der Waals surface area contributed by atoms with Crippen molar-refractivity contribution < 1.29 is 4.39 Å². The van der Waals surface area contributed by atoms with Gasteiger partial charge in [-0.15, -0.1) is 0 Å². The lowest BCUT2D eigenvalue weighted by Gasteiger charge is -2.22. The Balaban J connectivity index is 1.76. The number of fused-ring (bicyclic) bond motifs is 1. The second kappa shape index (κ2) is 6.63. The third kappa shape index (κ3) is 3.24. The van der Waals surface area contributed by atoms with Crippen LogP contribution in [0.3, 0.4) is 0 Å². The van der Waals surface area contributed by atoms with Gasteiger partial charge < -0.3 is 11.1 Å². The number of hydrogen-bond donors (Lipinski definition) is 2. The predicted molar refractivity (Wildman–Crippen MR) is 97.6 cm³/mol. The van der Waals surface area contributed by atoms with Gasteiger partial charge in [-0.1, -0.05) is 31.4 Å². The molecule has 2 heterocycles. The van der Waals surface area contributed by atoms with Gasteiger partial charge in [0.2, 0.25) is 5.95 Å². The van der Waals surface area contributed by atoms with E-state index in [0.29, 0.717) is 23.2 Å². The Morgan fingerprint density at radius 1 is 1.00 bits per heavy atom. The Morgan fingerprint density at radius 3 is 2.52 bits per heavy atom. The zero-order valence-electron chi connectivity index (χ0n) is 13.9. The molecule has 0 atom stereocenters. The van der Waals surface area contributed by atoms with Gasteiger partial charge >= 0.3 is 0 Å². The smallest absolute Gasteiger partial charge is 0.223 e. The molecule has 0 saturated heterocycles. The first kappa shape index (κ1) is 15.7. The zero-order chi connectivity index (χ0) is 17.2. The van der Waals surface area contributed by atoms with Crippen LogP contribution >= 0.6 is 0 Å². The molecule has 0 radical (unpaired) electrons. The Labute approximate surface area is 145 Å². The number of aromatic nitrogens is 3. The minimum Gasteiger partial charge on any atom is -0.383 e. The standard InChI is InChI=1S/C19H20FN5/c20-13-8-6-12(7-9-13)15-10-22-18(21)16-11-23-19(25-17(15)16)24-14-4-2-1-3-5-14/h6-11,14H,1-5H2,(H2,21,22)(H,23,24,25). The monoisotopic (exact) mass is 337 g/mol. The molecule has 4 rings (SSSR count). The molecule has 1 aliphatic carbocycles. The zero-order valence-corrected chi connectivity index (χ0v) is 13.9. The molecule has 3 N–H and O–H groups in total. The van der Waals surface area contributed by atoms with Gasteiger partial charge in [0, 0.05) is 24.0 Å². The molecule has 0 bridgehead atoms. The van der Waals surface area contributed by atoms with Crippen molar-refractivity contribution in [3.63, 3.8) is 0 Å². The maximum Gasteiger partial charge on any atom is 0.223 e. The number of rotatable bonds is 3. The number of hydrogen-bond acceptors (Lipinski definition) is 5. The minimum atomic E-state index is -0.272. The van der Waals surface area contributed by atoms with Crippen molar-refractivity contribution in [3.05, 3.63) is 42.5 Å². The fourth-order valence-electron chi connectivity index (χ4n) is 3.38. The fourth-order valence-corrected chi connectivity index (χ4v) is 3.38. The molecule has 1 fully saturated rings. The third-order valence-electron chi connectivity index (χ3n) is 4.75. The first-order valence-corrected chi connectivity index (χ1v) is 8.64. The molecule has 0 aliphatic heterocycles. The normalized spacial score (nSPS) is 15.4. The fraction of sp³-hybridized carbons (Fsp3) is 0.316. The van der Waals surface area contributed by atoms with E-state index in [4.69, 9.17) is 10.7 Å². The maximum atomic E-state index is 13.2. The van der Waals surface area contributed by atoms with Crippen molar-refractivity contribution in [2.75, 3.05) is 11.1 Å². The molecule has 25 heavy (non-hydrogen) atoms. The van der Waals surface area contributed by atoms with Crippen LogP contribution in [0.25, 0.3) is 22.0 Å². The van der Waals surface area contributed by atoms with Gasteiger partial charge in [-0.25, -0.2) is 19.3 Å². The topological polar surface area (TPSA) is 76.7 Å². The van der Waals surface area contributed by atoms with Gasteiger partial charge in [0.05, 0.1) is 10.9 Å². The lowest BCUT2D eigenvalue weighted by Crippen LogP contribution is -2.23. The summed E-state index contributed by atoms with van der Waals surface area (Å²) in [6, 6.07) is 6.72. The summed E-state index contributed by atoms with van der Waals surface area (Å²) in [7, 11) is 0. The molecule has 3 aromatic rings. The maximum absolute atomic E-state index is 13.2. The van der Waals surface area contributed by atoms with Crippen molar-refractivity contribution in [2.45, 2.75) is 38.1 Å². The highest BCUT2D eigenvalue weighted by Gasteiger charge is 2.16. The average Bonchev–Trinajstić information content (AvgIpc) is 2.64. The van der Waals surface area contributed by atoms with E-state index in [1.807, 2.05) is 0 Å². The van der Waals surface area contributed by atoms with E-state index >= 15 is 0 Å². The molecule has 0 spiro atoms. The molecule has 6 heteroatoms. The van der Waals surface area contributed by atoms with E-state index in [1.54, 1.807) is 24.5 Å². The second-order valence-electron chi connectivity index (χ2n) is 6.50. The first-order chi connectivity index (χ1) is 12.2. The highest BCUT2D eigenvalue weighted by molar-refractivity contribution is 5.98. The largest absolute Gasteiger partial charge is 0.383 e. The third-order valence-corrected chi connectivity index (χ3v) is 4.75. The number of benzene rings is 1. The first-order valence-electron chi connectivity index (χ1n) is 8.64. The number of nitrogens with two attached hydrogens (primary N) is 1. The molecular weight excluding hydrogens is 317 g/mol. The number of halogens is 1. The van der Waals surface area contributed by atoms with Crippen LogP contribution in [0, 0.1) is 5.82 Å². The van der Waals surface area contributed by atoms with Crippen LogP contribution in [0.1, 0.15) is 32.1 Å².